The number of carbonyl (C=O) groups excluding carboxylic acids is 3. The number of nitrogens with zero attached hydrogens (tertiary/aromatic N) is 1. The molecule has 0 aromatic carbocycles. The molecule has 1 rings (SSSR count). The highest BCUT2D eigenvalue weighted by Crippen LogP contribution is 2.14. The number of carbonyl (C=O) groups is 3. The Morgan fingerprint density at radius 3 is 1.78 bits per heavy atom. The lowest BCUT2D eigenvalue weighted by Crippen LogP contribution is -2.43. The maximum absolute atomic E-state index is 12.6. The molecule has 0 aliphatic rings. The van der Waals surface area contributed by atoms with Crippen molar-refractivity contribution in [2.24, 2.45) is 5.73 Å². The summed E-state index contributed by atoms with van der Waals surface area (Å²) in [6.07, 6.45) is 25.6. The lowest BCUT2D eigenvalue weighted by Gasteiger charge is -2.19. The topological polar surface area (TPSA) is 121 Å². The normalized spacial score (nSPS) is 12.4. The van der Waals surface area contributed by atoms with Gasteiger partial charge in [0.2, 0.25) is 5.91 Å². The van der Waals surface area contributed by atoms with Gasteiger partial charge in [-0.15, -0.1) is 0 Å². The summed E-state index contributed by atoms with van der Waals surface area (Å²) >= 11 is 1.44. The second-order valence-electron chi connectivity index (χ2n) is 12.5. The van der Waals surface area contributed by atoms with Crippen molar-refractivity contribution in [3.63, 3.8) is 0 Å². The Kier molecular flexibility index (Phi) is 27.5. The average Bonchev–Trinajstić information content (AvgIpc) is 3.06. The van der Waals surface area contributed by atoms with Gasteiger partial charge < -0.3 is 20.5 Å². The summed E-state index contributed by atoms with van der Waals surface area (Å²) in [7, 11) is 0. The van der Waals surface area contributed by atoms with E-state index in [1.807, 2.05) is 12.1 Å². The van der Waals surface area contributed by atoms with Gasteiger partial charge in [0, 0.05) is 43.3 Å². The number of ether oxygens (including phenoxy) is 2. The number of rotatable bonds is 31. The summed E-state index contributed by atoms with van der Waals surface area (Å²) in [5.41, 5.74) is 7.22. The van der Waals surface area contributed by atoms with Gasteiger partial charge in [0.15, 0.2) is 0 Å². The first-order valence-corrected chi connectivity index (χ1v) is 19.5. The minimum atomic E-state index is -0.685. The smallest absolute Gasteiger partial charge is 0.306 e. The van der Waals surface area contributed by atoms with E-state index in [0.29, 0.717) is 37.3 Å². The van der Waals surface area contributed by atoms with E-state index in [4.69, 9.17) is 15.2 Å². The summed E-state index contributed by atoms with van der Waals surface area (Å²) in [6.45, 7) is 4.98. The van der Waals surface area contributed by atoms with Crippen molar-refractivity contribution in [1.82, 2.24) is 10.3 Å². The summed E-state index contributed by atoms with van der Waals surface area (Å²) in [4.78, 5) is 41.5. The third-order valence-corrected chi connectivity index (χ3v) is 9.30. The fourth-order valence-corrected chi connectivity index (χ4v) is 6.16. The maximum atomic E-state index is 12.6. The first-order valence-electron chi connectivity index (χ1n) is 18.3. The van der Waals surface area contributed by atoms with Gasteiger partial charge in [-0.1, -0.05) is 117 Å². The number of hydrogen-bond donors (Lipinski definition) is 2. The molecule has 0 saturated heterocycles. The molecule has 0 spiro atoms. The highest BCUT2D eigenvalue weighted by molar-refractivity contribution is 7.99. The maximum Gasteiger partial charge on any atom is 0.306 e. The molecule has 2 atom stereocenters. The molecule has 0 fully saturated rings. The first-order chi connectivity index (χ1) is 22.5. The van der Waals surface area contributed by atoms with Crippen molar-refractivity contribution < 1.29 is 23.9 Å². The van der Waals surface area contributed by atoms with Crippen LogP contribution >= 0.6 is 11.8 Å². The average molecular weight is 664 g/mol. The van der Waals surface area contributed by atoms with Crippen LogP contribution in [0.3, 0.4) is 0 Å². The standard InChI is InChI=1S/C37H65N3O5S/c1-3-5-7-9-11-13-15-17-19-21-35(41)44-29-33(45-36(42)22-20-18-16-14-12-10-8-6-4-2)30-46-31-34(38)37(43)40-28-25-32-23-26-39-27-24-32/h23-24,26-27,33-34H,3-22,25,28-31,38H2,1-2H3,(H,40,43)/t33-,34-/m1/s1. The van der Waals surface area contributed by atoms with Crippen LogP contribution in [0.15, 0.2) is 24.5 Å². The molecule has 1 amide bonds. The second kappa shape index (κ2) is 30.2. The van der Waals surface area contributed by atoms with Crippen LogP contribution in [0.5, 0.6) is 0 Å². The predicted octanol–water partition coefficient (Wildman–Crippen LogP) is 8.10. The van der Waals surface area contributed by atoms with Crippen LogP contribution in [-0.2, 0) is 30.3 Å². The zero-order valence-electron chi connectivity index (χ0n) is 29.1. The molecule has 264 valence electrons. The van der Waals surface area contributed by atoms with E-state index >= 15 is 0 Å². The number of aromatic nitrogens is 1. The number of unbranched alkanes of at least 4 members (excludes halogenated alkanes) is 16. The van der Waals surface area contributed by atoms with Gasteiger partial charge in [-0.25, -0.2) is 0 Å². The second-order valence-corrected chi connectivity index (χ2v) is 13.6. The van der Waals surface area contributed by atoms with Crippen molar-refractivity contribution in [2.75, 3.05) is 24.7 Å². The number of thioether (sulfide) groups is 1. The van der Waals surface area contributed by atoms with Crippen molar-refractivity contribution >= 4 is 29.6 Å². The summed E-state index contributed by atoms with van der Waals surface area (Å²) < 4.78 is 11.3. The summed E-state index contributed by atoms with van der Waals surface area (Å²) in [6, 6.07) is 3.15. The Bertz CT molecular complexity index is 889. The minimum Gasteiger partial charge on any atom is -0.462 e. The molecule has 1 aromatic rings. The molecule has 46 heavy (non-hydrogen) atoms. The van der Waals surface area contributed by atoms with Gasteiger partial charge in [0.05, 0.1) is 6.04 Å². The van der Waals surface area contributed by atoms with Crippen LogP contribution < -0.4 is 11.1 Å². The van der Waals surface area contributed by atoms with E-state index in [1.165, 1.54) is 88.8 Å². The molecule has 0 radical (unpaired) electrons. The molecule has 1 aromatic heterocycles. The van der Waals surface area contributed by atoms with Crippen molar-refractivity contribution in [1.29, 1.82) is 0 Å². The van der Waals surface area contributed by atoms with Crippen LogP contribution in [0, 0.1) is 0 Å². The zero-order chi connectivity index (χ0) is 33.5. The van der Waals surface area contributed by atoms with Gasteiger partial charge in [-0.3, -0.25) is 19.4 Å². The van der Waals surface area contributed by atoms with Gasteiger partial charge in [-0.2, -0.15) is 11.8 Å². The van der Waals surface area contributed by atoms with E-state index < -0.39 is 12.1 Å². The highest BCUT2D eigenvalue weighted by atomic mass is 32.2. The fraction of sp³-hybridized carbons (Fsp3) is 0.784. The van der Waals surface area contributed by atoms with Crippen molar-refractivity contribution in [2.45, 2.75) is 161 Å². The molecule has 9 heteroatoms. The molecule has 1 heterocycles. The number of nitrogens with two attached hydrogens (primary N) is 1. The number of amides is 1. The van der Waals surface area contributed by atoms with E-state index in [9.17, 15) is 14.4 Å². The number of esters is 2. The largest absolute Gasteiger partial charge is 0.462 e. The van der Waals surface area contributed by atoms with E-state index in [-0.39, 0.29) is 24.5 Å². The summed E-state index contributed by atoms with van der Waals surface area (Å²) in [5.74, 6) is 0.0554. The van der Waals surface area contributed by atoms with Crippen LogP contribution in [0.4, 0.5) is 0 Å². The van der Waals surface area contributed by atoms with E-state index in [1.54, 1.807) is 12.4 Å². The van der Waals surface area contributed by atoms with Gasteiger partial charge >= 0.3 is 11.9 Å². The van der Waals surface area contributed by atoms with Gasteiger partial charge in [-0.05, 0) is 37.0 Å². The molecule has 0 aliphatic heterocycles. The Balaban J connectivity index is 2.38. The monoisotopic (exact) mass is 663 g/mol. The Morgan fingerprint density at radius 1 is 0.739 bits per heavy atom. The first kappa shape index (κ1) is 41.9. The number of pyridine rings is 1. The third-order valence-electron chi connectivity index (χ3n) is 8.10. The molecule has 0 unspecified atom stereocenters. The van der Waals surface area contributed by atoms with Crippen molar-refractivity contribution in [3.8, 4) is 0 Å². The number of hydrogen-bond acceptors (Lipinski definition) is 8. The Hall–Kier alpha value is -2.13. The van der Waals surface area contributed by atoms with Gasteiger partial charge in [0.25, 0.3) is 0 Å². The zero-order valence-corrected chi connectivity index (χ0v) is 29.9. The lowest BCUT2D eigenvalue weighted by atomic mass is 10.1. The lowest BCUT2D eigenvalue weighted by molar-refractivity contribution is -0.157. The van der Waals surface area contributed by atoms with Crippen LogP contribution in [0.2, 0.25) is 0 Å². The van der Waals surface area contributed by atoms with Gasteiger partial charge in [0.1, 0.15) is 12.7 Å². The molecular weight excluding hydrogens is 598 g/mol. The molecule has 0 bridgehead atoms. The quantitative estimate of drug-likeness (QED) is 0.0604. The van der Waals surface area contributed by atoms with Crippen LogP contribution in [0.1, 0.15) is 148 Å². The fourth-order valence-electron chi connectivity index (χ4n) is 5.19. The SMILES string of the molecule is CCCCCCCCCCCC(=O)OC[C@H](CSC[C@@H](N)C(=O)NCCc1ccncc1)OC(=O)CCCCCCCCCCC. The minimum absolute atomic E-state index is 0.0279. The number of nitrogens with one attached hydrogen (secondary N) is 1. The predicted molar refractivity (Wildman–Crippen MR) is 191 cm³/mol. The molecule has 0 saturated carbocycles. The third kappa shape index (κ3) is 25.0. The van der Waals surface area contributed by atoms with E-state index in [0.717, 1.165) is 44.1 Å². The van der Waals surface area contributed by atoms with Crippen LogP contribution in [0.25, 0.3) is 0 Å². The molecule has 3 N–H and O–H groups in total. The highest BCUT2D eigenvalue weighted by Gasteiger charge is 2.20. The molecular formula is C37H65N3O5S. The van der Waals surface area contributed by atoms with E-state index in [2.05, 4.69) is 24.1 Å². The molecule has 8 nitrogen and oxygen atoms in total. The Labute approximate surface area is 284 Å². The summed E-state index contributed by atoms with van der Waals surface area (Å²) in [5, 5.41) is 2.88. The van der Waals surface area contributed by atoms with Crippen LogP contribution in [-0.4, -0.2) is 59.6 Å². The van der Waals surface area contributed by atoms with Crippen molar-refractivity contribution in [3.05, 3.63) is 30.1 Å². The molecule has 0 aliphatic carbocycles. The Morgan fingerprint density at radius 2 is 1.24 bits per heavy atom.